The van der Waals surface area contributed by atoms with Gasteiger partial charge in [-0.05, 0) is 49.1 Å². The van der Waals surface area contributed by atoms with Crippen LogP contribution in [0.15, 0.2) is 36.7 Å². The molecule has 0 unspecified atom stereocenters. The lowest BCUT2D eigenvalue weighted by Gasteiger charge is -2.06. The van der Waals surface area contributed by atoms with Gasteiger partial charge in [-0.15, -0.1) is 0 Å². The SMILES string of the molecule is CCCCCCc1cnc(-c2ccc(OOC(=O)CCCC)cc2)nc1. The maximum absolute atomic E-state index is 11.4. The number of aromatic nitrogens is 2. The lowest BCUT2D eigenvalue weighted by molar-refractivity contribution is -0.213. The van der Waals surface area contributed by atoms with Crippen LogP contribution >= 0.6 is 0 Å². The molecular weight excluding hydrogens is 328 g/mol. The lowest BCUT2D eigenvalue weighted by atomic mass is 10.1. The quantitative estimate of drug-likeness (QED) is 0.311. The Morgan fingerprint density at radius 1 is 0.923 bits per heavy atom. The van der Waals surface area contributed by atoms with E-state index in [1.807, 2.05) is 31.5 Å². The standard InChI is InChI=1S/C21H28N2O3/c1-3-5-7-8-9-17-15-22-21(23-16-17)18-11-13-19(14-12-18)25-26-20(24)10-6-4-2/h11-16H,3-10H2,1-2H3. The Morgan fingerprint density at radius 3 is 2.27 bits per heavy atom. The fourth-order valence-corrected chi connectivity index (χ4v) is 2.51. The van der Waals surface area contributed by atoms with Gasteiger partial charge in [0.25, 0.3) is 0 Å². The predicted octanol–water partition coefficient (Wildman–Crippen LogP) is 5.29. The third-order valence-electron chi connectivity index (χ3n) is 4.10. The highest BCUT2D eigenvalue weighted by atomic mass is 17.2. The average molecular weight is 356 g/mol. The van der Waals surface area contributed by atoms with E-state index in [-0.39, 0.29) is 5.97 Å². The molecule has 2 aromatic rings. The normalized spacial score (nSPS) is 10.5. The summed E-state index contributed by atoms with van der Waals surface area (Å²) in [5, 5.41) is 0. The molecular formula is C21H28N2O3. The summed E-state index contributed by atoms with van der Waals surface area (Å²) in [5.41, 5.74) is 2.07. The summed E-state index contributed by atoms with van der Waals surface area (Å²) in [7, 11) is 0. The minimum Gasteiger partial charge on any atom is -0.287 e. The summed E-state index contributed by atoms with van der Waals surface area (Å²) in [6, 6.07) is 7.19. The van der Waals surface area contributed by atoms with Crippen LogP contribution in [0.2, 0.25) is 0 Å². The number of rotatable bonds is 11. The number of unbranched alkanes of at least 4 members (excludes halogenated alkanes) is 4. The van der Waals surface area contributed by atoms with Crippen LogP contribution in [-0.2, 0) is 16.1 Å². The van der Waals surface area contributed by atoms with Gasteiger partial charge >= 0.3 is 5.97 Å². The minimum atomic E-state index is -0.353. The first-order valence-corrected chi connectivity index (χ1v) is 9.51. The minimum absolute atomic E-state index is 0.353. The second-order valence-electron chi connectivity index (χ2n) is 6.39. The van der Waals surface area contributed by atoms with Crippen LogP contribution in [-0.4, -0.2) is 15.9 Å². The van der Waals surface area contributed by atoms with Gasteiger partial charge in [-0.3, -0.25) is 9.78 Å². The van der Waals surface area contributed by atoms with Crippen LogP contribution in [0.25, 0.3) is 11.4 Å². The van der Waals surface area contributed by atoms with Gasteiger partial charge in [-0.25, -0.2) is 14.8 Å². The van der Waals surface area contributed by atoms with Gasteiger partial charge < -0.3 is 0 Å². The molecule has 0 fully saturated rings. The molecule has 0 amide bonds. The molecule has 0 spiro atoms. The van der Waals surface area contributed by atoms with Gasteiger partial charge in [-0.2, -0.15) is 0 Å². The van der Waals surface area contributed by atoms with E-state index in [1.165, 1.54) is 31.2 Å². The Hall–Kier alpha value is -2.43. The average Bonchev–Trinajstić information content (AvgIpc) is 2.69. The third kappa shape index (κ3) is 6.82. The van der Waals surface area contributed by atoms with Crippen molar-refractivity contribution in [1.29, 1.82) is 0 Å². The number of carbonyl (C=O) groups is 1. The van der Waals surface area contributed by atoms with Gasteiger partial charge in [0.2, 0.25) is 0 Å². The number of benzene rings is 1. The van der Waals surface area contributed by atoms with Crippen molar-refractivity contribution in [3.63, 3.8) is 0 Å². The Bertz CT molecular complexity index is 654. The van der Waals surface area contributed by atoms with Gasteiger partial charge in [0, 0.05) is 18.0 Å². The van der Waals surface area contributed by atoms with E-state index in [0.29, 0.717) is 18.0 Å². The zero-order chi connectivity index (χ0) is 18.6. The fraction of sp³-hybridized carbons (Fsp3) is 0.476. The van der Waals surface area contributed by atoms with Crippen molar-refractivity contribution < 1.29 is 14.6 Å². The van der Waals surface area contributed by atoms with E-state index in [2.05, 4.69) is 16.9 Å². The molecule has 26 heavy (non-hydrogen) atoms. The summed E-state index contributed by atoms with van der Waals surface area (Å²) >= 11 is 0. The van der Waals surface area contributed by atoms with E-state index in [0.717, 1.165) is 24.8 Å². The van der Waals surface area contributed by atoms with Crippen LogP contribution in [0.4, 0.5) is 0 Å². The number of hydrogen-bond donors (Lipinski definition) is 0. The predicted molar refractivity (Wildman–Crippen MR) is 102 cm³/mol. The fourth-order valence-electron chi connectivity index (χ4n) is 2.51. The van der Waals surface area contributed by atoms with E-state index < -0.39 is 0 Å². The molecule has 0 aliphatic rings. The molecule has 1 aromatic heterocycles. The van der Waals surface area contributed by atoms with Crippen molar-refractivity contribution in [1.82, 2.24) is 9.97 Å². The molecule has 1 heterocycles. The maximum atomic E-state index is 11.4. The van der Waals surface area contributed by atoms with Gasteiger partial charge in [-0.1, -0.05) is 39.5 Å². The summed E-state index contributed by atoms with van der Waals surface area (Å²) in [4.78, 5) is 30.2. The zero-order valence-electron chi connectivity index (χ0n) is 15.7. The van der Waals surface area contributed by atoms with Crippen molar-refractivity contribution >= 4 is 5.97 Å². The molecule has 0 radical (unpaired) electrons. The molecule has 0 atom stereocenters. The highest BCUT2D eigenvalue weighted by Gasteiger charge is 2.06. The van der Waals surface area contributed by atoms with Crippen molar-refractivity contribution in [2.45, 2.75) is 65.2 Å². The molecule has 1 aromatic carbocycles. The molecule has 5 heteroatoms. The molecule has 0 N–H and O–H groups in total. The second kappa shape index (κ2) is 11.2. The zero-order valence-corrected chi connectivity index (χ0v) is 15.7. The summed E-state index contributed by atoms with van der Waals surface area (Å²) in [5.74, 6) is 0.800. The van der Waals surface area contributed by atoms with Crippen LogP contribution in [0, 0.1) is 0 Å². The Labute approximate surface area is 155 Å². The van der Waals surface area contributed by atoms with E-state index in [9.17, 15) is 4.79 Å². The first-order chi connectivity index (χ1) is 12.7. The molecule has 0 saturated carbocycles. The third-order valence-corrected chi connectivity index (χ3v) is 4.10. The summed E-state index contributed by atoms with van der Waals surface area (Å²) < 4.78 is 0. The Balaban J connectivity index is 1.84. The molecule has 2 rings (SSSR count). The molecule has 0 saturated heterocycles. The smallest absolute Gasteiger partial charge is 0.287 e. The van der Waals surface area contributed by atoms with E-state index in [1.54, 1.807) is 12.1 Å². The topological polar surface area (TPSA) is 61.3 Å². The monoisotopic (exact) mass is 356 g/mol. The molecule has 0 aliphatic carbocycles. The lowest BCUT2D eigenvalue weighted by Crippen LogP contribution is -2.07. The van der Waals surface area contributed by atoms with Crippen molar-refractivity contribution in [2.24, 2.45) is 0 Å². The second-order valence-corrected chi connectivity index (χ2v) is 6.39. The maximum Gasteiger partial charge on any atom is 0.355 e. The van der Waals surface area contributed by atoms with E-state index in [4.69, 9.17) is 9.78 Å². The highest BCUT2D eigenvalue weighted by molar-refractivity contribution is 5.68. The van der Waals surface area contributed by atoms with Crippen LogP contribution in [0.3, 0.4) is 0 Å². The number of carbonyl (C=O) groups excluding carboxylic acids is 1. The Kier molecular flexibility index (Phi) is 8.60. The van der Waals surface area contributed by atoms with Crippen LogP contribution < -0.4 is 4.89 Å². The summed E-state index contributed by atoms with van der Waals surface area (Å²) in [6.45, 7) is 4.23. The Morgan fingerprint density at radius 2 is 1.62 bits per heavy atom. The van der Waals surface area contributed by atoms with Crippen LogP contribution in [0.1, 0.15) is 64.4 Å². The number of nitrogens with zero attached hydrogens (tertiary/aromatic N) is 2. The van der Waals surface area contributed by atoms with Crippen molar-refractivity contribution in [2.75, 3.05) is 0 Å². The van der Waals surface area contributed by atoms with Gasteiger partial charge in [0.1, 0.15) is 0 Å². The first-order valence-electron chi connectivity index (χ1n) is 9.51. The largest absolute Gasteiger partial charge is 0.355 e. The van der Waals surface area contributed by atoms with Crippen molar-refractivity contribution in [3.05, 3.63) is 42.2 Å². The molecule has 0 aliphatic heterocycles. The van der Waals surface area contributed by atoms with Crippen LogP contribution in [0.5, 0.6) is 5.75 Å². The number of hydrogen-bond acceptors (Lipinski definition) is 5. The molecule has 140 valence electrons. The first kappa shape index (κ1) is 19.9. The molecule has 5 nitrogen and oxygen atoms in total. The van der Waals surface area contributed by atoms with E-state index >= 15 is 0 Å². The van der Waals surface area contributed by atoms with Crippen molar-refractivity contribution in [3.8, 4) is 17.1 Å². The van der Waals surface area contributed by atoms with Gasteiger partial charge in [0.15, 0.2) is 11.6 Å². The highest BCUT2D eigenvalue weighted by Crippen LogP contribution is 2.20. The molecule has 0 bridgehead atoms. The van der Waals surface area contributed by atoms with Gasteiger partial charge in [0.05, 0.1) is 6.42 Å². The summed E-state index contributed by atoms with van der Waals surface area (Å²) in [6.07, 6.45) is 11.9. The number of aryl methyl sites for hydroxylation is 1.